The third-order valence-corrected chi connectivity index (χ3v) is 2.85. The first-order valence-electron chi connectivity index (χ1n) is 5.95. The molecule has 1 heterocycles. The van der Waals surface area contributed by atoms with Gasteiger partial charge >= 0.3 is 0 Å². The minimum atomic E-state index is 0.368. The Balaban J connectivity index is 1.98. The van der Waals surface area contributed by atoms with Gasteiger partial charge in [-0.3, -0.25) is 5.43 Å². The summed E-state index contributed by atoms with van der Waals surface area (Å²) in [5.41, 5.74) is 3.36. The van der Waals surface area contributed by atoms with E-state index in [1.807, 2.05) is 0 Å². The number of hydrazine groups is 1. The summed E-state index contributed by atoms with van der Waals surface area (Å²) in [7, 11) is 0. The molecule has 1 aliphatic rings. The minimum absolute atomic E-state index is 0.368. The third-order valence-electron chi connectivity index (χ3n) is 2.85. The van der Waals surface area contributed by atoms with E-state index in [2.05, 4.69) is 25.7 Å². The average molecular weight is 234 g/mol. The number of hydrogen-bond acceptors (Lipinski definition) is 4. The van der Waals surface area contributed by atoms with Crippen LogP contribution in [0.25, 0.3) is 0 Å². The van der Waals surface area contributed by atoms with Gasteiger partial charge in [0.25, 0.3) is 0 Å². The molecule has 0 aliphatic heterocycles. The zero-order chi connectivity index (χ0) is 11.9. The van der Waals surface area contributed by atoms with Crippen molar-refractivity contribution in [2.24, 2.45) is 10.8 Å². The lowest BCUT2D eigenvalue weighted by Crippen LogP contribution is -2.37. The fraction of sp³-hybridized carbons (Fsp3) is 0.545. The molecule has 1 fully saturated rings. The minimum Gasteiger partial charge on any atom is -0.323 e. The number of aliphatic imine (C=N–C) groups is 1. The van der Waals surface area contributed by atoms with Crippen molar-refractivity contribution in [3.8, 4) is 0 Å². The first-order valence-corrected chi connectivity index (χ1v) is 5.95. The second-order valence-corrected chi connectivity index (χ2v) is 4.17. The molecule has 0 aromatic carbocycles. The van der Waals surface area contributed by atoms with Crippen LogP contribution in [0.2, 0.25) is 0 Å². The SMILES string of the molecule is NNC(=NC1CCCCC1)Nc1cncnc1. The molecule has 0 spiro atoms. The molecule has 6 heteroatoms. The number of nitrogens with zero attached hydrogens (tertiary/aromatic N) is 3. The Kier molecular flexibility index (Phi) is 4.26. The van der Waals surface area contributed by atoms with Crippen LogP contribution in [0.1, 0.15) is 32.1 Å². The standard InChI is InChI=1S/C11H18N6/c12-17-11(15-9-4-2-1-3-5-9)16-10-6-13-8-14-7-10/h6-9H,1-5,12H2,(H2,15,16,17). The summed E-state index contributed by atoms with van der Waals surface area (Å²) in [6.45, 7) is 0. The molecular formula is C11H18N6. The van der Waals surface area contributed by atoms with Gasteiger partial charge in [0.2, 0.25) is 5.96 Å². The van der Waals surface area contributed by atoms with Crippen molar-refractivity contribution in [1.82, 2.24) is 15.4 Å². The summed E-state index contributed by atoms with van der Waals surface area (Å²) in [4.78, 5) is 12.4. The first-order chi connectivity index (χ1) is 8.38. The highest BCUT2D eigenvalue weighted by atomic mass is 15.3. The van der Waals surface area contributed by atoms with Gasteiger partial charge in [0.1, 0.15) is 6.33 Å². The third kappa shape index (κ3) is 3.67. The molecule has 92 valence electrons. The molecule has 1 aromatic heterocycles. The Morgan fingerprint density at radius 3 is 2.59 bits per heavy atom. The maximum Gasteiger partial charge on any atom is 0.210 e. The summed E-state index contributed by atoms with van der Waals surface area (Å²) in [6.07, 6.45) is 10.9. The van der Waals surface area contributed by atoms with Gasteiger partial charge in [0.05, 0.1) is 24.1 Å². The second kappa shape index (κ2) is 6.15. The zero-order valence-electron chi connectivity index (χ0n) is 9.76. The number of nitrogens with one attached hydrogen (secondary N) is 2. The fourth-order valence-electron chi connectivity index (χ4n) is 2.00. The molecule has 0 radical (unpaired) electrons. The predicted octanol–water partition coefficient (Wildman–Crippen LogP) is 1.04. The molecule has 1 aliphatic carbocycles. The molecule has 6 nitrogen and oxygen atoms in total. The summed E-state index contributed by atoms with van der Waals surface area (Å²) < 4.78 is 0. The molecular weight excluding hydrogens is 216 g/mol. The molecule has 1 aromatic rings. The fourth-order valence-corrected chi connectivity index (χ4v) is 2.00. The van der Waals surface area contributed by atoms with Crippen molar-refractivity contribution in [2.75, 3.05) is 5.32 Å². The van der Waals surface area contributed by atoms with Crippen LogP contribution in [0, 0.1) is 0 Å². The van der Waals surface area contributed by atoms with E-state index in [9.17, 15) is 0 Å². The topological polar surface area (TPSA) is 88.2 Å². The van der Waals surface area contributed by atoms with Crippen molar-refractivity contribution in [1.29, 1.82) is 0 Å². The highest BCUT2D eigenvalue weighted by Crippen LogP contribution is 2.20. The van der Waals surface area contributed by atoms with Crippen LogP contribution < -0.4 is 16.6 Å². The number of rotatable bonds is 2. The molecule has 0 saturated heterocycles. The van der Waals surface area contributed by atoms with Gasteiger partial charge in [-0.2, -0.15) is 0 Å². The zero-order valence-corrected chi connectivity index (χ0v) is 9.76. The van der Waals surface area contributed by atoms with Crippen LogP contribution in [0.15, 0.2) is 23.7 Å². The van der Waals surface area contributed by atoms with Gasteiger partial charge in [-0.1, -0.05) is 19.3 Å². The molecule has 0 bridgehead atoms. The van der Waals surface area contributed by atoms with E-state index >= 15 is 0 Å². The predicted molar refractivity (Wildman–Crippen MR) is 67.3 cm³/mol. The van der Waals surface area contributed by atoms with Crippen molar-refractivity contribution in [2.45, 2.75) is 38.1 Å². The molecule has 0 unspecified atom stereocenters. The Morgan fingerprint density at radius 2 is 1.94 bits per heavy atom. The van der Waals surface area contributed by atoms with Crippen LogP contribution in [-0.2, 0) is 0 Å². The average Bonchev–Trinajstić information content (AvgIpc) is 2.40. The normalized spacial score (nSPS) is 17.8. The van der Waals surface area contributed by atoms with Gasteiger partial charge in [-0.15, -0.1) is 0 Å². The van der Waals surface area contributed by atoms with Crippen LogP contribution in [0.5, 0.6) is 0 Å². The lowest BCUT2D eigenvalue weighted by molar-refractivity contribution is 0.442. The molecule has 0 amide bonds. The van der Waals surface area contributed by atoms with Crippen LogP contribution >= 0.6 is 0 Å². The monoisotopic (exact) mass is 234 g/mol. The Bertz CT molecular complexity index is 357. The molecule has 0 atom stereocenters. The van der Waals surface area contributed by atoms with E-state index in [1.54, 1.807) is 12.4 Å². The number of anilines is 1. The Labute approximate surface area is 101 Å². The summed E-state index contributed by atoms with van der Waals surface area (Å²) >= 11 is 0. The van der Waals surface area contributed by atoms with Crippen molar-refractivity contribution in [3.63, 3.8) is 0 Å². The Morgan fingerprint density at radius 1 is 1.24 bits per heavy atom. The van der Waals surface area contributed by atoms with Gasteiger partial charge in [0, 0.05) is 0 Å². The summed E-state index contributed by atoms with van der Waals surface area (Å²) in [5, 5.41) is 3.06. The van der Waals surface area contributed by atoms with Gasteiger partial charge in [-0.05, 0) is 12.8 Å². The summed E-state index contributed by atoms with van der Waals surface area (Å²) in [5.74, 6) is 6.03. The molecule has 1 saturated carbocycles. The van der Waals surface area contributed by atoms with E-state index in [0.29, 0.717) is 12.0 Å². The summed E-state index contributed by atoms with van der Waals surface area (Å²) in [6, 6.07) is 0.368. The molecule has 2 rings (SSSR count). The smallest absolute Gasteiger partial charge is 0.210 e. The molecule has 4 N–H and O–H groups in total. The number of nitrogens with two attached hydrogens (primary N) is 1. The lowest BCUT2D eigenvalue weighted by atomic mass is 9.96. The Hall–Kier alpha value is -1.69. The van der Waals surface area contributed by atoms with E-state index in [4.69, 9.17) is 5.84 Å². The second-order valence-electron chi connectivity index (χ2n) is 4.17. The van der Waals surface area contributed by atoms with Gasteiger partial charge in [0.15, 0.2) is 0 Å². The van der Waals surface area contributed by atoms with E-state index < -0.39 is 0 Å². The first kappa shape index (κ1) is 11.8. The highest BCUT2D eigenvalue weighted by Gasteiger charge is 2.13. The van der Waals surface area contributed by atoms with Crippen LogP contribution in [-0.4, -0.2) is 22.0 Å². The van der Waals surface area contributed by atoms with Crippen molar-refractivity contribution >= 4 is 11.6 Å². The maximum absolute atomic E-state index is 5.45. The molecule has 17 heavy (non-hydrogen) atoms. The maximum atomic E-state index is 5.45. The van der Waals surface area contributed by atoms with E-state index in [0.717, 1.165) is 18.5 Å². The van der Waals surface area contributed by atoms with Crippen molar-refractivity contribution < 1.29 is 0 Å². The number of guanidine groups is 1. The van der Waals surface area contributed by atoms with E-state index in [-0.39, 0.29) is 0 Å². The van der Waals surface area contributed by atoms with Crippen LogP contribution in [0.3, 0.4) is 0 Å². The van der Waals surface area contributed by atoms with Crippen molar-refractivity contribution in [3.05, 3.63) is 18.7 Å². The largest absolute Gasteiger partial charge is 0.323 e. The number of aromatic nitrogens is 2. The van der Waals surface area contributed by atoms with Crippen LogP contribution in [0.4, 0.5) is 5.69 Å². The number of hydrogen-bond donors (Lipinski definition) is 3. The quantitative estimate of drug-likeness (QED) is 0.308. The van der Waals surface area contributed by atoms with E-state index in [1.165, 1.54) is 25.6 Å². The lowest BCUT2D eigenvalue weighted by Gasteiger charge is -2.19. The highest BCUT2D eigenvalue weighted by molar-refractivity contribution is 5.92. The van der Waals surface area contributed by atoms with Gasteiger partial charge < -0.3 is 5.32 Å². The van der Waals surface area contributed by atoms with Gasteiger partial charge in [-0.25, -0.2) is 20.8 Å².